The standard InChI is InChI=1S/C10H8ClF4NO4S/c11-5-1-2-6(12)7(3-5)21(19,20)16-8(4-9(17)18)10(13,14)15/h1-3,8,16H,4H2,(H,17,18)/t8-/m1/s1. The molecule has 0 aliphatic heterocycles. The van der Waals surface area contributed by atoms with E-state index in [-0.39, 0.29) is 5.02 Å². The number of benzene rings is 1. The Kier molecular flexibility index (Phi) is 5.18. The first kappa shape index (κ1) is 17.7. The summed E-state index contributed by atoms with van der Waals surface area (Å²) in [6.07, 6.45) is -6.69. The van der Waals surface area contributed by atoms with Crippen molar-refractivity contribution in [3.05, 3.63) is 29.0 Å². The fraction of sp³-hybridized carbons (Fsp3) is 0.300. The topological polar surface area (TPSA) is 83.5 Å². The summed E-state index contributed by atoms with van der Waals surface area (Å²) in [6.45, 7) is 0. The van der Waals surface area contributed by atoms with Gasteiger partial charge in [0.25, 0.3) is 0 Å². The van der Waals surface area contributed by atoms with E-state index in [0.717, 1.165) is 10.8 Å². The van der Waals surface area contributed by atoms with Gasteiger partial charge in [0, 0.05) is 5.02 Å². The molecule has 1 atom stereocenters. The van der Waals surface area contributed by atoms with Crippen molar-refractivity contribution in [3.8, 4) is 0 Å². The zero-order chi connectivity index (χ0) is 16.4. The van der Waals surface area contributed by atoms with Crippen molar-refractivity contribution in [2.24, 2.45) is 0 Å². The van der Waals surface area contributed by atoms with Gasteiger partial charge in [0.2, 0.25) is 10.0 Å². The smallest absolute Gasteiger partial charge is 0.405 e. The first-order chi connectivity index (χ1) is 9.43. The van der Waals surface area contributed by atoms with Gasteiger partial charge < -0.3 is 5.11 Å². The average molecular weight is 350 g/mol. The average Bonchev–Trinajstić information content (AvgIpc) is 2.29. The van der Waals surface area contributed by atoms with Crippen molar-refractivity contribution >= 4 is 27.6 Å². The number of halogens is 5. The molecule has 1 aromatic carbocycles. The van der Waals surface area contributed by atoms with E-state index in [0.29, 0.717) is 12.1 Å². The van der Waals surface area contributed by atoms with Crippen molar-refractivity contribution in [2.75, 3.05) is 0 Å². The second kappa shape index (κ2) is 6.16. The molecule has 0 aliphatic carbocycles. The molecule has 11 heteroatoms. The van der Waals surface area contributed by atoms with Crippen LogP contribution in [0.15, 0.2) is 23.1 Å². The van der Waals surface area contributed by atoms with Crippen LogP contribution in [0.2, 0.25) is 5.02 Å². The quantitative estimate of drug-likeness (QED) is 0.798. The lowest BCUT2D eigenvalue weighted by atomic mass is 10.2. The van der Waals surface area contributed by atoms with E-state index < -0.39 is 45.3 Å². The number of rotatable bonds is 5. The molecule has 5 nitrogen and oxygen atoms in total. The van der Waals surface area contributed by atoms with Crippen LogP contribution in [0.3, 0.4) is 0 Å². The third-order valence-electron chi connectivity index (χ3n) is 2.25. The highest BCUT2D eigenvalue weighted by molar-refractivity contribution is 7.89. The fourth-order valence-corrected chi connectivity index (χ4v) is 2.89. The molecule has 21 heavy (non-hydrogen) atoms. The zero-order valence-electron chi connectivity index (χ0n) is 9.99. The minimum Gasteiger partial charge on any atom is -0.481 e. The molecule has 0 unspecified atom stereocenters. The van der Waals surface area contributed by atoms with Crippen LogP contribution < -0.4 is 4.72 Å². The Morgan fingerprint density at radius 2 is 1.95 bits per heavy atom. The summed E-state index contributed by atoms with van der Waals surface area (Å²) < 4.78 is 75.8. The van der Waals surface area contributed by atoms with Gasteiger partial charge in [-0.25, -0.2) is 12.8 Å². The normalized spacial score (nSPS) is 14.0. The van der Waals surface area contributed by atoms with Crippen LogP contribution in [0.25, 0.3) is 0 Å². The number of sulfonamides is 1. The highest BCUT2D eigenvalue weighted by Gasteiger charge is 2.44. The highest BCUT2D eigenvalue weighted by atomic mass is 35.5. The molecule has 0 radical (unpaired) electrons. The second-order valence-electron chi connectivity index (χ2n) is 3.89. The third-order valence-corrected chi connectivity index (χ3v) is 3.98. The van der Waals surface area contributed by atoms with Crippen molar-refractivity contribution in [1.82, 2.24) is 4.72 Å². The highest BCUT2D eigenvalue weighted by Crippen LogP contribution is 2.26. The Balaban J connectivity index is 3.17. The minimum atomic E-state index is -5.15. The van der Waals surface area contributed by atoms with Crippen molar-refractivity contribution < 1.29 is 35.9 Å². The summed E-state index contributed by atoms with van der Waals surface area (Å²) >= 11 is 5.46. The molecule has 118 valence electrons. The summed E-state index contributed by atoms with van der Waals surface area (Å²) in [4.78, 5) is 9.27. The maximum atomic E-state index is 13.4. The van der Waals surface area contributed by atoms with Gasteiger partial charge in [0.15, 0.2) is 0 Å². The first-order valence-corrected chi connectivity index (χ1v) is 7.05. The summed E-state index contributed by atoms with van der Waals surface area (Å²) in [5.74, 6) is -3.19. The molecular weight excluding hydrogens is 342 g/mol. The monoisotopic (exact) mass is 349 g/mol. The maximum Gasteiger partial charge on any atom is 0.405 e. The molecular formula is C10H8ClF4NO4S. The summed E-state index contributed by atoms with van der Waals surface area (Å²) in [7, 11) is -4.93. The molecule has 1 aromatic rings. The molecule has 0 aliphatic rings. The van der Waals surface area contributed by atoms with E-state index in [9.17, 15) is 30.8 Å². The summed E-state index contributed by atoms with van der Waals surface area (Å²) in [6, 6.07) is -0.600. The number of carboxylic acids is 1. The molecule has 1 rings (SSSR count). The lowest BCUT2D eigenvalue weighted by Crippen LogP contribution is -2.46. The van der Waals surface area contributed by atoms with Crippen LogP contribution in [0.5, 0.6) is 0 Å². The van der Waals surface area contributed by atoms with Gasteiger partial charge in [-0.2, -0.15) is 17.9 Å². The van der Waals surface area contributed by atoms with Gasteiger partial charge in [-0.05, 0) is 18.2 Å². The number of alkyl halides is 3. The van der Waals surface area contributed by atoms with Gasteiger partial charge in [0.05, 0.1) is 6.42 Å². The lowest BCUT2D eigenvalue weighted by Gasteiger charge is -2.20. The molecule has 0 spiro atoms. The molecule has 2 N–H and O–H groups in total. The Hall–Kier alpha value is -1.39. The van der Waals surface area contributed by atoms with Crippen molar-refractivity contribution in [3.63, 3.8) is 0 Å². The van der Waals surface area contributed by atoms with Crippen LogP contribution >= 0.6 is 11.6 Å². The van der Waals surface area contributed by atoms with E-state index in [4.69, 9.17) is 16.7 Å². The molecule has 0 fully saturated rings. The Bertz CT molecular complexity index is 647. The fourth-order valence-electron chi connectivity index (χ4n) is 1.33. The predicted octanol–water partition coefficient (Wildman–Crippen LogP) is 2.16. The number of carbonyl (C=O) groups is 1. The van der Waals surface area contributed by atoms with Crippen LogP contribution in [0.4, 0.5) is 17.6 Å². The predicted molar refractivity (Wildman–Crippen MR) is 63.8 cm³/mol. The second-order valence-corrected chi connectivity index (χ2v) is 6.01. The van der Waals surface area contributed by atoms with E-state index in [2.05, 4.69) is 0 Å². The van der Waals surface area contributed by atoms with Crippen molar-refractivity contribution in [2.45, 2.75) is 23.5 Å². The van der Waals surface area contributed by atoms with E-state index in [1.807, 2.05) is 0 Å². The Morgan fingerprint density at radius 1 is 1.38 bits per heavy atom. The number of hydrogen-bond donors (Lipinski definition) is 2. The number of aliphatic carboxylic acids is 1. The molecule has 0 bridgehead atoms. The molecule has 0 saturated heterocycles. The van der Waals surface area contributed by atoms with Gasteiger partial charge in [-0.15, -0.1) is 0 Å². The molecule has 0 amide bonds. The van der Waals surface area contributed by atoms with Crippen LogP contribution in [0, 0.1) is 5.82 Å². The summed E-state index contributed by atoms with van der Waals surface area (Å²) in [5.41, 5.74) is 0. The lowest BCUT2D eigenvalue weighted by molar-refractivity contribution is -0.163. The van der Waals surface area contributed by atoms with Gasteiger partial charge in [0.1, 0.15) is 16.8 Å². The van der Waals surface area contributed by atoms with Crippen LogP contribution in [0.1, 0.15) is 6.42 Å². The zero-order valence-corrected chi connectivity index (χ0v) is 11.6. The largest absolute Gasteiger partial charge is 0.481 e. The summed E-state index contributed by atoms with van der Waals surface area (Å²) in [5, 5.41) is 8.17. The third kappa shape index (κ3) is 4.83. The minimum absolute atomic E-state index is 0.210. The van der Waals surface area contributed by atoms with Crippen LogP contribution in [-0.2, 0) is 14.8 Å². The SMILES string of the molecule is O=C(O)C[C@@H](NS(=O)(=O)c1cc(Cl)ccc1F)C(F)(F)F. The maximum absolute atomic E-state index is 13.4. The van der Waals surface area contributed by atoms with Gasteiger partial charge in [-0.1, -0.05) is 11.6 Å². The molecule has 0 heterocycles. The van der Waals surface area contributed by atoms with Crippen LogP contribution in [-0.4, -0.2) is 31.7 Å². The van der Waals surface area contributed by atoms with E-state index in [1.165, 1.54) is 0 Å². The van der Waals surface area contributed by atoms with E-state index in [1.54, 1.807) is 0 Å². The van der Waals surface area contributed by atoms with Crippen molar-refractivity contribution in [1.29, 1.82) is 0 Å². The number of nitrogens with one attached hydrogen (secondary N) is 1. The first-order valence-electron chi connectivity index (χ1n) is 5.19. The molecule has 0 saturated carbocycles. The molecule has 0 aromatic heterocycles. The van der Waals surface area contributed by atoms with Gasteiger partial charge >= 0.3 is 12.1 Å². The number of hydrogen-bond acceptors (Lipinski definition) is 3. The van der Waals surface area contributed by atoms with E-state index >= 15 is 0 Å². The Morgan fingerprint density at radius 3 is 2.43 bits per heavy atom. The Labute approximate surface area is 121 Å². The van der Waals surface area contributed by atoms with Gasteiger partial charge in [-0.3, -0.25) is 4.79 Å². The number of carboxylic acid groups (broad SMARTS) is 1.